The van der Waals surface area contributed by atoms with Crippen LogP contribution in [0, 0.1) is 12.7 Å². The number of nitrogens with zero attached hydrogens (tertiary/aromatic N) is 5. The highest BCUT2D eigenvalue weighted by molar-refractivity contribution is 5.92. The van der Waals surface area contributed by atoms with Crippen LogP contribution in [0.25, 0.3) is 16.9 Å². The van der Waals surface area contributed by atoms with Crippen LogP contribution in [-0.2, 0) is 4.74 Å². The van der Waals surface area contributed by atoms with Crippen molar-refractivity contribution < 1.29 is 23.2 Å². The average molecular weight is 504 g/mol. The van der Waals surface area contributed by atoms with Crippen molar-refractivity contribution in [1.29, 1.82) is 0 Å². The Morgan fingerprint density at radius 2 is 1.73 bits per heavy atom. The number of esters is 1. The molecule has 0 saturated carbocycles. The first-order valence-electron chi connectivity index (χ1n) is 12.0. The second kappa shape index (κ2) is 10.3. The van der Waals surface area contributed by atoms with Crippen molar-refractivity contribution in [3.05, 3.63) is 83.6 Å². The number of amides is 1. The fraction of sp³-hybridized carbons (Fsp3) is 0.259. The van der Waals surface area contributed by atoms with Crippen LogP contribution in [0.1, 0.15) is 33.7 Å². The fourth-order valence-electron chi connectivity index (χ4n) is 4.34. The lowest BCUT2D eigenvalue weighted by molar-refractivity contribution is 0.0518. The zero-order chi connectivity index (χ0) is 25.9. The van der Waals surface area contributed by atoms with Crippen molar-refractivity contribution in [3.63, 3.8) is 0 Å². The maximum absolute atomic E-state index is 13.9. The van der Waals surface area contributed by atoms with E-state index >= 15 is 0 Å². The van der Waals surface area contributed by atoms with Crippen LogP contribution in [0.2, 0.25) is 0 Å². The molecule has 1 fully saturated rings. The van der Waals surface area contributed by atoms with E-state index in [-0.39, 0.29) is 18.2 Å². The summed E-state index contributed by atoms with van der Waals surface area (Å²) in [5.74, 6) is -0.461. The molecular weight excluding hydrogens is 477 g/mol. The van der Waals surface area contributed by atoms with E-state index in [1.807, 2.05) is 24.3 Å². The summed E-state index contributed by atoms with van der Waals surface area (Å²) in [5.41, 5.74) is 3.43. The number of hydrogen-bond acceptors (Lipinski definition) is 7. The number of aromatic nitrogens is 3. The van der Waals surface area contributed by atoms with Gasteiger partial charge in [0.1, 0.15) is 11.6 Å². The van der Waals surface area contributed by atoms with E-state index in [1.165, 1.54) is 12.1 Å². The Morgan fingerprint density at radius 3 is 2.38 bits per heavy atom. The van der Waals surface area contributed by atoms with Gasteiger partial charge >= 0.3 is 5.97 Å². The van der Waals surface area contributed by atoms with Gasteiger partial charge in [-0.25, -0.2) is 13.9 Å². The summed E-state index contributed by atoms with van der Waals surface area (Å²) >= 11 is 0. The molecule has 0 unspecified atom stereocenters. The Labute approximate surface area is 213 Å². The number of rotatable bonds is 6. The number of hydrogen-bond donors (Lipinski definition) is 0. The largest absolute Gasteiger partial charge is 0.461 e. The zero-order valence-electron chi connectivity index (χ0n) is 20.6. The summed E-state index contributed by atoms with van der Waals surface area (Å²) < 4.78 is 25.6. The minimum absolute atomic E-state index is 0.130. The van der Waals surface area contributed by atoms with Crippen molar-refractivity contribution in [2.45, 2.75) is 13.8 Å². The molecule has 10 heteroatoms. The smallest absolute Gasteiger partial charge is 0.358 e. The first-order chi connectivity index (χ1) is 17.9. The third-order valence-electron chi connectivity index (χ3n) is 6.19. The van der Waals surface area contributed by atoms with Crippen LogP contribution in [0.5, 0.6) is 0 Å². The van der Waals surface area contributed by atoms with Crippen LogP contribution in [0.15, 0.2) is 65.2 Å². The molecule has 3 heterocycles. The van der Waals surface area contributed by atoms with Crippen LogP contribution in [-0.4, -0.2) is 64.5 Å². The number of anilines is 1. The first kappa shape index (κ1) is 24.2. The van der Waals surface area contributed by atoms with E-state index < -0.39 is 11.8 Å². The van der Waals surface area contributed by atoms with Crippen molar-refractivity contribution in [3.8, 4) is 16.9 Å². The summed E-state index contributed by atoms with van der Waals surface area (Å²) in [4.78, 5) is 29.0. The minimum atomic E-state index is -0.538. The number of halogens is 1. The second-order valence-electron chi connectivity index (χ2n) is 8.68. The van der Waals surface area contributed by atoms with Crippen LogP contribution < -0.4 is 4.90 Å². The van der Waals surface area contributed by atoms with Gasteiger partial charge in [-0.05, 0) is 50.2 Å². The predicted octanol–water partition coefficient (Wildman–Crippen LogP) is 4.11. The summed E-state index contributed by atoms with van der Waals surface area (Å²) in [6.07, 6.45) is 0. The summed E-state index contributed by atoms with van der Waals surface area (Å²) in [6.45, 7) is 6.21. The zero-order valence-corrected chi connectivity index (χ0v) is 20.6. The normalized spacial score (nSPS) is 13.6. The second-order valence-corrected chi connectivity index (χ2v) is 8.68. The lowest BCUT2D eigenvalue weighted by atomic mass is 10.1. The highest BCUT2D eigenvalue weighted by atomic mass is 19.1. The number of ether oxygens (including phenoxy) is 1. The highest BCUT2D eigenvalue weighted by Gasteiger charge is 2.25. The molecular formula is C27H26FN5O4. The molecule has 4 aromatic rings. The third kappa shape index (κ3) is 5.09. The summed E-state index contributed by atoms with van der Waals surface area (Å²) in [5, 5.41) is 8.22. The van der Waals surface area contributed by atoms with E-state index in [0.29, 0.717) is 49.0 Å². The molecule has 2 aromatic carbocycles. The van der Waals surface area contributed by atoms with Crippen LogP contribution >= 0.6 is 0 Å². The van der Waals surface area contributed by atoms with Gasteiger partial charge in [-0.3, -0.25) is 4.79 Å². The Kier molecular flexibility index (Phi) is 6.72. The molecule has 2 aromatic heterocycles. The van der Waals surface area contributed by atoms with Crippen LogP contribution in [0.3, 0.4) is 0 Å². The van der Waals surface area contributed by atoms with Gasteiger partial charge in [-0.1, -0.05) is 23.4 Å². The van der Waals surface area contributed by atoms with E-state index in [0.717, 1.165) is 11.3 Å². The van der Waals surface area contributed by atoms with Crippen molar-refractivity contribution in [2.75, 3.05) is 37.7 Å². The molecule has 1 amide bonds. The van der Waals surface area contributed by atoms with Crippen molar-refractivity contribution in [1.82, 2.24) is 19.8 Å². The van der Waals surface area contributed by atoms with Crippen LogP contribution in [0.4, 0.5) is 10.1 Å². The molecule has 0 radical (unpaired) electrons. The van der Waals surface area contributed by atoms with Gasteiger partial charge in [0.25, 0.3) is 5.91 Å². The maximum Gasteiger partial charge on any atom is 0.358 e. The van der Waals surface area contributed by atoms with E-state index in [9.17, 15) is 14.0 Å². The number of aryl methyl sites for hydroxylation is 1. The van der Waals surface area contributed by atoms with Gasteiger partial charge in [-0.2, -0.15) is 5.10 Å². The fourth-order valence-corrected chi connectivity index (χ4v) is 4.34. The Balaban J connectivity index is 1.34. The lowest BCUT2D eigenvalue weighted by Gasteiger charge is -2.35. The standard InChI is InChI=1S/C27H26FN5O4/c1-3-36-27(35)24-17-25(33(29-24)22-6-4-5-20(28)16-22)19-7-9-21(10-8-19)31-11-13-32(14-12-31)26(34)23-15-18(2)37-30-23/h4-10,15-17H,3,11-14H2,1-2H3. The first-order valence-corrected chi connectivity index (χ1v) is 12.0. The summed E-state index contributed by atoms with van der Waals surface area (Å²) in [7, 11) is 0. The number of carbonyl (C=O) groups is 2. The quantitative estimate of drug-likeness (QED) is 0.366. The van der Waals surface area contributed by atoms with Gasteiger partial charge in [0.05, 0.1) is 18.0 Å². The van der Waals surface area contributed by atoms with Crippen molar-refractivity contribution >= 4 is 17.6 Å². The third-order valence-corrected chi connectivity index (χ3v) is 6.19. The van der Waals surface area contributed by atoms with E-state index in [4.69, 9.17) is 9.26 Å². The molecule has 1 aliphatic heterocycles. The van der Waals surface area contributed by atoms with Gasteiger partial charge in [0, 0.05) is 43.5 Å². The Hall–Kier alpha value is -4.47. The van der Waals surface area contributed by atoms with Gasteiger partial charge in [0.2, 0.25) is 0 Å². The molecule has 0 spiro atoms. The predicted molar refractivity (Wildman–Crippen MR) is 134 cm³/mol. The molecule has 9 nitrogen and oxygen atoms in total. The number of benzene rings is 2. The number of piperazine rings is 1. The SMILES string of the molecule is CCOC(=O)c1cc(-c2ccc(N3CCN(C(=O)c4cc(C)on4)CC3)cc2)n(-c2cccc(F)c2)n1. The molecule has 0 aliphatic carbocycles. The van der Waals surface area contributed by atoms with E-state index in [1.54, 1.807) is 47.7 Å². The van der Waals surface area contributed by atoms with E-state index in [2.05, 4.69) is 15.2 Å². The Bertz CT molecular complexity index is 1420. The topological polar surface area (TPSA) is 93.7 Å². The monoisotopic (exact) mass is 503 g/mol. The highest BCUT2D eigenvalue weighted by Crippen LogP contribution is 2.28. The molecule has 190 valence electrons. The Morgan fingerprint density at radius 1 is 0.973 bits per heavy atom. The van der Waals surface area contributed by atoms with Gasteiger partial charge < -0.3 is 19.1 Å². The molecule has 5 rings (SSSR count). The molecule has 0 N–H and O–H groups in total. The van der Waals surface area contributed by atoms with Gasteiger partial charge in [-0.15, -0.1) is 0 Å². The van der Waals surface area contributed by atoms with Crippen molar-refractivity contribution in [2.24, 2.45) is 0 Å². The molecule has 37 heavy (non-hydrogen) atoms. The van der Waals surface area contributed by atoms with Gasteiger partial charge in [0.15, 0.2) is 11.4 Å². The molecule has 0 atom stereocenters. The molecule has 1 saturated heterocycles. The summed E-state index contributed by atoms with van der Waals surface area (Å²) in [6, 6.07) is 17.2. The molecule has 0 bridgehead atoms. The molecule has 1 aliphatic rings. The average Bonchev–Trinajstić information content (AvgIpc) is 3.56. The minimum Gasteiger partial charge on any atom is -0.461 e. The number of carbonyl (C=O) groups excluding carboxylic acids is 2. The lowest BCUT2D eigenvalue weighted by Crippen LogP contribution is -2.48. The maximum atomic E-state index is 13.9.